The molecular weight excluding hydrogens is 691 g/mol. The van der Waals surface area contributed by atoms with Gasteiger partial charge in [0.05, 0.1) is 22.8 Å². The van der Waals surface area contributed by atoms with Gasteiger partial charge in [-0.15, -0.1) is 11.3 Å². The van der Waals surface area contributed by atoms with Gasteiger partial charge >= 0.3 is 0 Å². The highest BCUT2D eigenvalue weighted by Gasteiger charge is 2.17. The van der Waals surface area contributed by atoms with Crippen molar-refractivity contribution in [3.05, 3.63) is 188 Å². The van der Waals surface area contributed by atoms with E-state index in [1.54, 1.807) is 12.4 Å². The lowest BCUT2D eigenvalue weighted by Crippen LogP contribution is -1.98. The molecule has 4 heterocycles. The van der Waals surface area contributed by atoms with Gasteiger partial charge in [-0.2, -0.15) is 0 Å². The molecule has 0 saturated carbocycles. The predicted molar refractivity (Wildman–Crippen MR) is 226 cm³/mol. The molecule has 0 amide bonds. The summed E-state index contributed by atoms with van der Waals surface area (Å²) in [6, 6.07) is 60.9. The summed E-state index contributed by atoms with van der Waals surface area (Å²) in [6.45, 7) is 0. The van der Waals surface area contributed by atoms with Gasteiger partial charge in [-0.05, 0) is 71.8 Å². The zero-order chi connectivity index (χ0) is 36.6. The standard InChI is InChI=1S/C49H31N5S/c1-4-12-32(13-5-1)42-30-44(53-48(51-42)34-14-6-2-7-15-34)38-26-37(36-20-21-47-41(29-36)40-18-10-11-19-46(40)55-47)27-39(28-38)45-31-43(33-22-24-50-25-23-33)52-49(54-45)35-16-8-3-9-17-35/h1-31H. The number of hydrogen-bond acceptors (Lipinski definition) is 6. The number of fused-ring (bicyclic) bond motifs is 3. The molecule has 0 radical (unpaired) electrons. The Hall–Kier alpha value is -7.15. The van der Waals surface area contributed by atoms with Crippen LogP contribution in [0.3, 0.4) is 0 Å². The van der Waals surface area contributed by atoms with Crippen LogP contribution in [0, 0.1) is 0 Å². The molecule has 10 aromatic rings. The molecule has 0 saturated heterocycles. The number of benzene rings is 6. The van der Waals surface area contributed by atoms with Gasteiger partial charge in [0.25, 0.3) is 0 Å². The molecule has 10 rings (SSSR count). The van der Waals surface area contributed by atoms with E-state index in [1.807, 2.05) is 78.1 Å². The van der Waals surface area contributed by atoms with Gasteiger partial charge in [-0.1, -0.05) is 115 Å². The molecule has 258 valence electrons. The van der Waals surface area contributed by atoms with Crippen LogP contribution in [0.15, 0.2) is 188 Å². The van der Waals surface area contributed by atoms with E-state index in [0.717, 1.165) is 67.3 Å². The van der Waals surface area contributed by atoms with Crippen molar-refractivity contribution < 1.29 is 0 Å². The van der Waals surface area contributed by atoms with Crippen LogP contribution in [-0.4, -0.2) is 24.9 Å². The molecule has 0 aliphatic carbocycles. The van der Waals surface area contributed by atoms with Gasteiger partial charge in [0.1, 0.15) is 0 Å². The highest BCUT2D eigenvalue weighted by atomic mass is 32.1. The van der Waals surface area contributed by atoms with Crippen LogP contribution >= 0.6 is 11.3 Å². The van der Waals surface area contributed by atoms with E-state index in [9.17, 15) is 0 Å². The average molecular weight is 722 g/mol. The number of thiophene rings is 1. The van der Waals surface area contributed by atoms with Crippen LogP contribution in [0.25, 0.3) is 99.1 Å². The van der Waals surface area contributed by atoms with Crippen molar-refractivity contribution in [2.75, 3.05) is 0 Å². The second kappa shape index (κ2) is 14.0. The number of hydrogen-bond donors (Lipinski definition) is 0. The molecule has 0 aliphatic heterocycles. The fourth-order valence-electron chi connectivity index (χ4n) is 7.05. The van der Waals surface area contributed by atoms with Crippen LogP contribution in [0.5, 0.6) is 0 Å². The maximum absolute atomic E-state index is 5.23. The van der Waals surface area contributed by atoms with Crippen molar-refractivity contribution in [3.63, 3.8) is 0 Å². The SMILES string of the molecule is c1ccc(-c2cc(-c3cc(-c4ccc5sc6ccccc6c5c4)cc(-c4cc(-c5ccncc5)nc(-c5ccccc5)n4)c3)nc(-c3ccccc3)n2)cc1. The van der Waals surface area contributed by atoms with Gasteiger partial charge in [0.15, 0.2) is 11.6 Å². The van der Waals surface area contributed by atoms with E-state index in [-0.39, 0.29) is 0 Å². The topological polar surface area (TPSA) is 64.5 Å². The van der Waals surface area contributed by atoms with E-state index in [0.29, 0.717) is 11.6 Å². The lowest BCUT2D eigenvalue weighted by atomic mass is 9.95. The summed E-state index contributed by atoms with van der Waals surface area (Å²) in [4.78, 5) is 24.8. The van der Waals surface area contributed by atoms with Crippen molar-refractivity contribution in [2.24, 2.45) is 0 Å². The first-order valence-corrected chi connectivity index (χ1v) is 19.0. The molecule has 6 aromatic carbocycles. The summed E-state index contributed by atoms with van der Waals surface area (Å²) in [5.74, 6) is 1.33. The zero-order valence-corrected chi connectivity index (χ0v) is 30.4. The Bertz CT molecular complexity index is 2700. The third-order valence-corrected chi connectivity index (χ3v) is 10.9. The van der Waals surface area contributed by atoms with Crippen LogP contribution < -0.4 is 0 Å². The van der Waals surface area contributed by atoms with Crippen molar-refractivity contribution >= 4 is 31.5 Å². The molecular formula is C49H31N5S. The minimum Gasteiger partial charge on any atom is -0.265 e. The Kier molecular flexibility index (Phi) is 8.28. The van der Waals surface area contributed by atoms with Crippen LogP contribution in [0.1, 0.15) is 0 Å². The summed E-state index contributed by atoms with van der Waals surface area (Å²) >= 11 is 1.83. The lowest BCUT2D eigenvalue weighted by Gasteiger charge is -2.14. The van der Waals surface area contributed by atoms with Gasteiger partial charge in [-0.25, -0.2) is 19.9 Å². The molecule has 0 fully saturated rings. The highest BCUT2D eigenvalue weighted by molar-refractivity contribution is 7.25. The minimum absolute atomic E-state index is 0.655. The molecule has 0 aliphatic rings. The summed E-state index contributed by atoms with van der Waals surface area (Å²) in [5, 5.41) is 2.51. The van der Waals surface area contributed by atoms with Crippen molar-refractivity contribution in [1.82, 2.24) is 24.9 Å². The first-order chi connectivity index (χ1) is 27.2. The van der Waals surface area contributed by atoms with Crippen molar-refractivity contribution in [1.29, 1.82) is 0 Å². The largest absolute Gasteiger partial charge is 0.265 e. The van der Waals surface area contributed by atoms with Crippen LogP contribution in [0.4, 0.5) is 0 Å². The summed E-state index contributed by atoms with van der Waals surface area (Å²) in [7, 11) is 0. The van der Waals surface area contributed by atoms with E-state index in [4.69, 9.17) is 19.9 Å². The molecule has 0 bridgehead atoms. The lowest BCUT2D eigenvalue weighted by molar-refractivity contribution is 1.17. The van der Waals surface area contributed by atoms with Crippen molar-refractivity contribution in [3.8, 4) is 78.9 Å². The van der Waals surface area contributed by atoms with Crippen LogP contribution in [0.2, 0.25) is 0 Å². The quantitative estimate of drug-likeness (QED) is 0.164. The van der Waals surface area contributed by atoms with E-state index < -0.39 is 0 Å². The monoisotopic (exact) mass is 721 g/mol. The number of aromatic nitrogens is 5. The van der Waals surface area contributed by atoms with Gasteiger partial charge in [0, 0.05) is 65.9 Å². The molecule has 5 nitrogen and oxygen atoms in total. The molecule has 4 aromatic heterocycles. The zero-order valence-electron chi connectivity index (χ0n) is 29.5. The highest BCUT2D eigenvalue weighted by Crippen LogP contribution is 2.39. The average Bonchev–Trinajstić information content (AvgIpc) is 3.65. The second-order valence-corrected chi connectivity index (χ2v) is 14.5. The number of pyridine rings is 1. The Morgan fingerprint density at radius 1 is 0.291 bits per heavy atom. The molecule has 0 N–H and O–H groups in total. The maximum atomic E-state index is 5.23. The summed E-state index contributed by atoms with van der Waals surface area (Å²) < 4.78 is 2.55. The van der Waals surface area contributed by atoms with Gasteiger partial charge < -0.3 is 0 Å². The Morgan fingerprint density at radius 3 is 1.33 bits per heavy atom. The van der Waals surface area contributed by atoms with Gasteiger partial charge in [-0.3, -0.25) is 4.98 Å². The Balaban J connectivity index is 1.23. The predicted octanol–water partition coefficient (Wildman–Crippen LogP) is 12.7. The van der Waals surface area contributed by atoms with Crippen molar-refractivity contribution in [2.45, 2.75) is 0 Å². The molecule has 55 heavy (non-hydrogen) atoms. The molecule has 0 unspecified atom stereocenters. The normalized spacial score (nSPS) is 11.3. The van der Waals surface area contributed by atoms with E-state index >= 15 is 0 Å². The number of nitrogens with zero attached hydrogens (tertiary/aromatic N) is 5. The molecule has 6 heteroatoms. The third-order valence-electron chi connectivity index (χ3n) is 9.80. The first-order valence-electron chi connectivity index (χ1n) is 18.1. The summed E-state index contributed by atoms with van der Waals surface area (Å²) in [5.41, 5.74) is 11.3. The third kappa shape index (κ3) is 6.45. The molecule has 0 spiro atoms. The first kappa shape index (κ1) is 32.5. The minimum atomic E-state index is 0.655. The Labute approximate surface area is 322 Å². The maximum Gasteiger partial charge on any atom is 0.160 e. The second-order valence-electron chi connectivity index (χ2n) is 13.4. The fourth-order valence-corrected chi connectivity index (χ4v) is 8.13. The molecule has 0 atom stereocenters. The van der Waals surface area contributed by atoms with Gasteiger partial charge in [0.2, 0.25) is 0 Å². The smallest absolute Gasteiger partial charge is 0.160 e. The Morgan fingerprint density at radius 2 is 0.745 bits per heavy atom. The fraction of sp³-hybridized carbons (Fsp3) is 0. The summed E-state index contributed by atoms with van der Waals surface area (Å²) in [6.07, 6.45) is 3.60. The number of rotatable bonds is 7. The van der Waals surface area contributed by atoms with Crippen LogP contribution in [-0.2, 0) is 0 Å². The van der Waals surface area contributed by atoms with E-state index in [1.165, 1.54) is 20.2 Å². The van der Waals surface area contributed by atoms with E-state index in [2.05, 4.69) is 114 Å².